The summed E-state index contributed by atoms with van der Waals surface area (Å²) in [5, 5.41) is 11.2. The molecule has 0 spiro atoms. The van der Waals surface area contributed by atoms with Gasteiger partial charge in [0.1, 0.15) is 6.10 Å². The molecule has 1 N–H and O–H groups in total. The first-order valence-corrected chi connectivity index (χ1v) is 13.6. The van der Waals surface area contributed by atoms with Gasteiger partial charge in [0.15, 0.2) is 0 Å². The maximum absolute atomic E-state index is 13.4. The highest BCUT2D eigenvalue weighted by Crippen LogP contribution is 2.40. The third kappa shape index (κ3) is 6.82. The van der Waals surface area contributed by atoms with E-state index < -0.39 is 41.1 Å². The molecule has 0 radical (unpaired) electrons. The third-order valence-electron chi connectivity index (χ3n) is 8.21. The number of ketones is 2. The van der Waals surface area contributed by atoms with E-state index in [1.807, 2.05) is 34.6 Å². The van der Waals surface area contributed by atoms with Crippen LogP contribution in [0.15, 0.2) is 11.6 Å². The molecule has 35 heavy (non-hydrogen) atoms. The van der Waals surface area contributed by atoms with Gasteiger partial charge in [-0.1, -0.05) is 67.9 Å². The van der Waals surface area contributed by atoms with E-state index in [4.69, 9.17) is 9.47 Å². The number of aliphatic hydroxyl groups is 1. The van der Waals surface area contributed by atoms with Crippen LogP contribution in [0, 0.1) is 41.4 Å². The highest BCUT2D eigenvalue weighted by Gasteiger charge is 2.53. The molecule has 1 saturated heterocycles. The summed E-state index contributed by atoms with van der Waals surface area (Å²) >= 11 is 0. The molecule has 200 valence electrons. The van der Waals surface area contributed by atoms with Crippen molar-refractivity contribution in [2.24, 2.45) is 41.4 Å². The van der Waals surface area contributed by atoms with Gasteiger partial charge in [0.2, 0.25) is 11.6 Å². The fourth-order valence-corrected chi connectivity index (χ4v) is 5.33. The molecule has 7 unspecified atom stereocenters. The molecule has 2 aliphatic rings. The number of carbonyl (C=O) groups excluding carboxylic acids is 3. The van der Waals surface area contributed by atoms with Crippen LogP contribution in [0.25, 0.3) is 0 Å². The maximum atomic E-state index is 13.4. The molecular formula is C29H48O6. The van der Waals surface area contributed by atoms with Crippen molar-refractivity contribution in [3.05, 3.63) is 11.6 Å². The molecule has 7 atom stereocenters. The van der Waals surface area contributed by atoms with Gasteiger partial charge in [-0.15, -0.1) is 0 Å². The Labute approximate surface area is 212 Å². The highest BCUT2D eigenvalue weighted by molar-refractivity contribution is 6.41. The van der Waals surface area contributed by atoms with Crippen molar-refractivity contribution < 1.29 is 29.0 Å². The van der Waals surface area contributed by atoms with E-state index in [2.05, 4.69) is 26.8 Å². The molecule has 1 aliphatic carbocycles. The van der Waals surface area contributed by atoms with Crippen molar-refractivity contribution in [2.75, 3.05) is 0 Å². The number of ether oxygens (including phenoxy) is 2. The van der Waals surface area contributed by atoms with E-state index in [9.17, 15) is 19.5 Å². The molecule has 2 rings (SSSR count). The van der Waals surface area contributed by atoms with Crippen LogP contribution in [0.3, 0.4) is 0 Å². The number of allylic oxidation sites excluding steroid dienone is 1. The Balaban J connectivity index is 2.18. The van der Waals surface area contributed by atoms with Gasteiger partial charge in [-0.25, -0.2) is 0 Å². The second-order valence-electron chi connectivity index (χ2n) is 12.0. The monoisotopic (exact) mass is 492 g/mol. The van der Waals surface area contributed by atoms with Crippen LogP contribution in [-0.4, -0.2) is 40.6 Å². The van der Waals surface area contributed by atoms with Crippen molar-refractivity contribution in [1.29, 1.82) is 0 Å². The zero-order valence-electron chi connectivity index (χ0n) is 23.3. The lowest BCUT2D eigenvalue weighted by atomic mass is 9.80. The zero-order chi connectivity index (χ0) is 26.7. The Bertz CT molecular complexity index is 797. The minimum absolute atomic E-state index is 0.0805. The van der Waals surface area contributed by atoms with E-state index in [0.29, 0.717) is 37.5 Å². The average Bonchev–Trinajstić information content (AvgIpc) is 3.27. The van der Waals surface area contributed by atoms with Crippen molar-refractivity contribution >= 4 is 17.5 Å². The Morgan fingerprint density at radius 1 is 0.943 bits per heavy atom. The normalized spacial score (nSPS) is 31.6. The second kappa shape index (κ2) is 12.1. The molecule has 0 aromatic rings. The fraction of sp³-hybridized carbons (Fsp3) is 0.828. The van der Waals surface area contributed by atoms with Crippen LogP contribution in [0.2, 0.25) is 0 Å². The molecule has 0 aromatic carbocycles. The fourth-order valence-electron chi connectivity index (χ4n) is 5.33. The summed E-state index contributed by atoms with van der Waals surface area (Å²) < 4.78 is 11.8. The van der Waals surface area contributed by atoms with Crippen molar-refractivity contribution in [3.63, 3.8) is 0 Å². The topological polar surface area (TPSA) is 89.9 Å². The summed E-state index contributed by atoms with van der Waals surface area (Å²) in [6.07, 6.45) is 4.44. The van der Waals surface area contributed by atoms with Gasteiger partial charge in [0.25, 0.3) is 5.78 Å². The van der Waals surface area contributed by atoms with Gasteiger partial charge in [-0.2, -0.15) is 0 Å². The first-order chi connectivity index (χ1) is 16.2. The van der Waals surface area contributed by atoms with Gasteiger partial charge in [0.05, 0.1) is 12.0 Å². The molecule has 1 aliphatic heterocycles. The average molecular weight is 493 g/mol. The van der Waals surface area contributed by atoms with Crippen LogP contribution in [0.4, 0.5) is 0 Å². The third-order valence-corrected chi connectivity index (χ3v) is 8.21. The second-order valence-corrected chi connectivity index (χ2v) is 12.0. The van der Waals surface area contributed by atoms with Crippen LogP contribution >= 0.6 is 0 Å². The van der Waals surface area contributed by atoms with E-state index in [1.165, 1.54) is 0 Å². The van der Waals surface area contributed by atoms with Crippen molar-refractivity contribution in [2.45, 2.75) is 112 Å². The summed E-state index contributed by atoms with van der Waals surface area (Å²) in [6, 6.07) is 0. The predicted octanol–water partition coefficient (Wildman–Crippen LogP) is 5.51. The van der Waals surface area contributed by atoms with Crippen molar-refractivity contribution in [1.82, 2.24) is 0 Å². The Kier molecular flexibility index (Phi) is 10.3. The number of rotatable bonds is 10. The van der Waals surface area contributed by atoms with Gasteiger partial charge in [0, 0.05) is 11.8 Å². The minimum Gasteiger partial charge on any atom is -0.457 e. The van der Waals surface area contributed by atoms with E-state index in [1.54, 1.807) is 6.92 Å². The number of hydrogen-bond donors (Lipinski definition) is 1. The van der Waals surface area contributed by atoms with Crippen molar-refractivity contribution in [3.8, 4) is 0 Å². The first kappa shape index (κ1) is 29.7. The van der Waals surface area contributed by atoms with E-state index in [0.717, 1.165) is 12.0 Å². The molecule has 1 saturated carbocycles. The Morgan fingerprint density at radius 2 is 1.54 bits per heavy atom. The molecule has 2 fully saturated rings. The standard InChI is InChI=1S/C29H48O6/c1-16(2)19(7)15-20(8)26(18(5)6)34-28(32)23-12-10-11-22(23)25(30)27(31)29(33)21(9)13-14-24(35-29)17(3)4/h15-19,21-24,26,33H,10-14H2,1-9H3/b20-15+. The van der Waals surface area contributed by atoms with E-state index in [-0.39, 0.29) is 24.0 Å². The number of hydrogen-bond acceptors (Lipinski definition) is 6. The molecule has 0 amide bonds. The van der Waals surface area contributed by atoms with Crippen LogP contribution < -0.4 is 0 Å². The summed E-state index contributed by atoms with van der Waals surface area (Å²) in [5.74, 6) is -5.09. The molecule has 0 bridgehead atoms. The lowest BCUT2D eigenvalue weighted by Gasteiger charge is -2.42. The largest absolute Gasteiger partial charge is 0.457 e. The Morgan fingerprint density at radius 3 is 2.09 bits per heavy atom. The summed E-state index contributed by atoms with van der Waals surface area (Å²) in [6.45, 7) is 18.2. The lowest BCUT2D eigenvalue weighted by molar-refractivity contribution is -0.268. The minimum atomic E-state index is -2.13. The van der Waals surface area contributed by atoms with Gasteiger partial charge >= 0.3 is 5.97 Å². The summed E-state index contributed by atoms with van der Waals surface area (Å²) in [4.78, 5) is 39.9. The molecule has 6 nitrogen and oxygen atoms in total. The maximum Gasteiger partial charge on any atom is 0.310 e. The molecular weight excluding hydrogens is 444 g/mol. The smallest absolute Gasteiger partial charge is 0.310 e. The molecule has 6 heteroatoms. The van der Waals surface area contributed by atoms with Crippen LogP contribution in [0.1, 0.15) is 94.4 Å². The predicted molar refractivity (Wildman–Crippen MR) is 136 cm³/mol. The van der Waals surface area contributed by atoms with Gasteiger partial charge in [-0.05, 0) is 61.9 Å². The quantitative estimate of drug-likeness (QED) is 0.246. The Hall–Kier alpha value is -1.53. The summed E-state index contributed by atoms with van der Waals surface area (Å²) in [7, 11) is 0. The van der Waals surface area contributed by atoms with Gasteiger partial charge in [-0.3, -0.25) is 14.4 Å². The van der Waals surface area contributed by atoms with Gasteiger partial charge < -0.3 is 14.6 Å². The SMILES string of the molecule is C/C(=C\C(C)C(C)C)C(OC(=O)C1CCCC1C(=O)C(=O)C1(O)OC(C(C)C)CCC1C)C(C)C. The number of esters is 1. The zero-order valence-corrected chi connectivity index (χ0v) is 23.3. The summed E-state index contributed by atoms with van der Waals surface area (Å²) in [5.41, 5.74) is 1.00. The first-order valence-electron chi connectivity index (χ1n) is 13.6. The van der Waals surface area contributed by atoms with E-state index >= 15 is 0 Å². The highest BCUT2D eigenvalue weighted by atomic mass is 16.6. The molecule has 1 heterocycles. The number of carbonyl (C=O) groups is 3. The molecule has 0 aromatic heterocycles. The van der Waals surface area contributed by atoms with Crippen LogP contribution in [0.5, 0.6) is 0 Å². The lowest BCUT2D eigenvalue weighted by Crippen LogP contribution is -2.57. The number of Topliss-reactive ketones (excluding diaryl/α,β-unsaturated/α-hetero) is 2. The van der Waals surface area contributed by atoms with Crippen LogP contribution in [-0.2, 0) is 23.9 Å².